The van der Waals surface area contributed by atoms with Crippen LogP contribution < -0.4 is 5.73 Å². The van der Waals surface area contributed by atoms with Crippen LogP contribution in [0.5, 0.6) is 0 Å². The van der Waals surface area contributed by atoms with Gasteiger partial charge in [-0.2, -0.15) is 0 Å². The largest absolute Gasteiger partial charge is 0.458 e. The van der Waals surface area contributed by atoms with Crippen LogP contribution in [0.2, 0.25) is 0 Å². The number of hydrogen-bond acceptors (Lipinski definition) is 5. The van der Waals surface area contributed by atoms with Crippen LogP contribution in [0.25, 0.3) is 0 Å². The molecule has 0 bridgehead atoms. The van der Waals surface area contributed by atoms with Gasteiger partial charge in [-0.05, 0) is 26.2 Å². The van der Waals surface area contributed by atoms with E-state index in [4.69, 9.17) is 15.2 Å². The number of nitrogens with two attached hydrogens (primary N) is 1. The Bertz CT molecular complexity index is 303. The highest BCUT2D eigenvalue weighted by Gasteiger charge is 2.29. The molecule has 18 heavy (non-hydrogen) atoms. The van der Waals surface area contributed by atoms with Crippen LogP contribution in [0.15, 0.2) is 0 Å². The van der Waals surface area contributed by atoms with Crippen LogP contribution in [-0.2, 0) is 19.1 Å². The zero-order valence-corrected chi connectivity index (χ0v) is 11.3. The molecule has 1 heterocycles. The Morgan fingerprint density at radius 3 is 2.61 bits per heavy atom. The average molecular weight is 257 g/mol. The quantitative estimate of drug-likeness (QED) is 0.756. The molecule has 1 fully saturated rings. The van der Waals surface area contributed by atoms with Crippen LogP contribution >= 0.6 is 0 Å². The second-order valence-corrected chi connectivity index (χ2v) is 5.16. The van der Waals surface area contributed by atoms with Gasteiger partial charge in [0.25, 0.3) is 0 Å². The van der Waals surface area contributed by atoms with E-state index in [0.29, 0.717) is 12.8 Å². The molecule has 0 saturated carbocycles. The Kier molecular flexibility index (Phi) is 5.59. The van der Waals surface area contributed by atoms with E-state index in [1.165, 1.54) is 0 Å². The first-order valence-electron chi connectivity index (χ1n) is 6.58. The zero-order chi connectivity index (χ0) is 13.7. The Morgan fingerprint density at radius 1 is 1.39 bits per heavy atom. The lowest BCUT2D eigenvalue weighted by molar-refractivity contribution is -0.169. The van der Waals surface area contributed by atoms with E-state index in [9.17, 15) is 9.59 Å². The first-order chi connectivity index (χ1) is 8.41. The molecule has 1 rings (SSSR count). The van der Waals surface area contributed by atoms with E-state index in [2.05, 4.69) is 0 Å². The van der Waals surface area contributed by atoms with Crippen molar-refractivity contribution < 1.29 is 19.1 Å². The van der Waals surface area contributed by atoms with Gasteiger partial charge in [0.15, 0.2) is 0 Å². The van der Waals surface area contributed by atoms with E-state index < -0.39 is 18.1 Å². The SMILES string of the molecule is CC(C)C(=O)O[C@@H]1CCCC[C@H](N)C(=O)O[C@H]1C. The molecule has 0 aromatic carbocycles. The van der Waals surface area contributed by atoms with Gasteiger partial charge in [-0.1, -0.05) is 20.3 Å². The predicted octanol–water partition coefficient (Wildman–Crippen LogP) is 1.39. The van der Waals surface area contributed by atoms with Crippen LogP contribution in [0.4, 0.5) is 0 Å². The van der Waals surface area contributed by atoms with E-state index in [-0.39, 0.29) is 18.0 Å². The summed E-state index contributed by atoms with van der Waals surface area (Å²) < 4.78 is 10.6. The Morgan fingerprint density at radius 2 is 2.00 bits per heavy atom. The zero-order valence-electron chi connectivity index (χ0n) is 11.3. The van der Waals surface area contributed by atoms with Crippen molar-refractivity contribution in [1.82, 2.24) is 0 Å². The molecule has 0 aromatic heterocycles. The first kappa shape index (κ1) is 15.0. The third-order valence-corrected chi connectivity index (χ3v) is 3.12. The van der Waals surface area contributed by atoms with E-state index >= 15 is 0 Å². The van der Waals surface area contributed by atoms with E-state index in [1.807, 2.05) is 0 Å². The van der Waals surface area contributed by atoms with Crippen LogP contribution in [0.1, 0.15) is 46.5 Å². The standard InChI is InChI=1S/C13H23NO4/c1-8(2)12(15)18-11-7-5-4-6-10(14)13(16)17-9(11)3/h8-11H,4-7,14H2,1-3H3/t9-,10-,11+/m0/s1. The summed E-state index contributed by atoms with van der Waals surface area (Å²) in [6.07, 6.45) is 2.25. The van der Waals surface area contributed by atoms with Crippen molar-refractivity contribution in [3.63, 3.8) is 0 Å². The lowest BCUT2D eigenvalue weighted by Crippen LogP contribution is -2.38. The van der Waals surface area contributed by atoms with Crippen molar-refractivity contribution in [2.24, 2.45) is 11.7 Å². The number of carbonyl (C=O) groups is 2. The summed E-state index contributed by atoms with van der Waals surface area (Å²) in [7, 11) is 0. The summed E-state index contributed by atoms with van der Waals surface area (Å²) in [6.45, 7) is 5.31. The number of esters is 2. The molecule has 5 heteroatoms. The first-order valence-corrected chi connectivity index (χ1v) is 6.58. The third kappa shape index (κ3) is 4.29. The molecule has 0 aliphatic carbocycles. The second kappa shape index (κ2) is 6.73. The Labute approximate surface area is 108 Å². The van der Waals surface area contributed by atoms with Gasteiger partial charge >= 0.3 is 11.9 Å². The van der Waals surface area contributed by atoms with Gasteiger partial charge in [0.1, 0.15) is 18.2 Å². The minimum atomic E-state index is -0.563. The third-order valence-electron chi connectivity index (χ3n) is 3.12. The fourth-order valence-electron chi connectivity index (χ4n) is 1.85. The molecule has 1 saturated heterocycles. The average Bonchev–Trinajstić information content (AvgIpc) is 2.35. The van der Waals surface area contributed by atoms with Crippen molar-refractivity contribution in [1.29, 1.82) is 0 Å². The normalized spacial score (nSPS) is 30.1. The van der Waals surface area contributed by atoms with Gasteiger partial charge in [0.05, 0.1) is 5.92 Å². The summed E-state index contributed by atoms with van der Waals surface area (Å²) in [5.74, 6) is -0.843. The number of ether oxygens (including phenoxy) is 2. The number of hydrogen-bond donors (Lipinski definition) is 1. The fraction of sp³-hybridized carbons (Fsp3) is 0.846. The Balaban J connectivity index is 2.65. The van der Waals surface area contributed by atoms with E-state index in [1.54, 1.807) is 20.8 Å². The summed E-state index contributed by atoms with van der Waals surface area (Å²) in [4.78, 5) is 23.2. The summed E-state index contributed by atoms with van der Waals surface area (Å²) in [6, 6.07) is -0.563. The van der Waals surface area contributed by atoms with Gasteiger partial charge in [0.2, 0.25) is 0 Å². The number of rotatable bonds is 2. The van der Waals surface area contributed by atoms with Gasteiger partial charge in [-0.25, -0.2) is 0 Å². The molecule has 0 amide bonds. The van der Waals surface area contributed by atoms with Gasteiger partial charge < -0.3 is 15.2 Å². The molecule has 3 atom stereocenters. The molecule has 1 aliphatic heterocycles. The monoisotopic (exact) mass is 257 g/mol. The van der Waals surface area contributed by atoms with E-state index in [0.717, 1.165) is 12.8 Å². The highest BCUT2D eigenvalue weighted by atomic mass is 16.6. The predicted molar refractivity (Wildman–Crippen MR) is 66.7 cm³/mol. The summed E-state index contributed by atoms with van der Waals surface area (Å²) >= 11 is 0. The fourth-order valence-corrected chi connectivity index (χ4v) is 1.85. The number of carbonyl (C=O) groups excluding carboxylic acids is 2. The van der Waals surface area contributed by atoms with Crippen molar-refractivity contribution in [2.45, 2.75) is 64.7 Å². The minimum absolute atomic E-state index is 0.178. The molecule has 0 unspecified atom stereocenters. The molecular formula is C13H23NO4. The Hall–Kier alpha value is -1.10. The molecule has 5 nitrogen and oxygen atoms in total. The maximum atomic E-state index is 11.6. The smallest absolute Gasteiger partial charge is 0.323 e. The lowest BCUT2D eigenvalue weighted by Gasteiger charge is -2.24. The van der Waals surface area contributed by atoms with Gasteiger partial charge in [0, 0.05) is 0 Å². The highest BCUT2D eigenvalue weighted by Crippen LogP contribution is 2.18. The topological polar surface area (TPSA) is 78.6 Å². The highest BCUT2D eigenvalue weighted by molar-refractivity contribution is 5.75. The van der Waals surface area contributed by atoms with Gasteiger partial charge in [-0.15, -0.1) is 0 Å². The van der Waals surface area contributed by atoms with Crippen LogP contribution in [-0.4, -0.2) is 30.2 Å². The molecule has 0 radical (unpaired) electrons. The van der Waals surface area contributed by atoms with Crippen LogP contribution in [0.3, 0.4) is 0 Å². The molecule has 104 valence electrons. The van der Waals surface area contributed by atoms with Crippen molar-refractivity contribution >= 4 is 11.9 Å². The maximum Gasteiger partial charge on any atom is 0.323 e. The van der Waals surface area contributed by atoms with Crippen LogP contribution in [0, 0.1) is 5.92 Å². The summed E-state index contributed by atoms with van der Waals surface area (Å²) in [5, 5.41) is 0. The number of cyclic esters (lactones) is 1. The molecule has 1 aliphatic rings. The van der Waals surface area contributed by atoms with Crippen molar-refractivity contribution in [3.05, 3.63) is 0 Å². The lowest BCUT2D eigenvalue weighted by atomic mass is 10.1. The summed E-state index contributed by atoms with van der Waals surface area (Å²) in [5.41, 5.74) is 5.69. The molecule has 0 spiro atoms. The van der Waals surface area contributed by atoms with Gasteiger partial charge in [-0.3, -0.25) is 9.59 Å². The van der Waals surface area contributed by atoms with Crippen molar-refractivity contribution in [3.8, 4) is 0 Å². The minimum Gasteiger partial charge on any atom is -0.458 e. The second-order valence-electron chi connectivity index (χ2n) is 5.16. The molecule has 2 N–H and O–H groups in total. The maximum absolute atomic E-state index is 11.6. The molecular weight excluding hydrogens is 234 g/mol. The van der Waals surface area contributed by atoms with Crippen molar-refractivity contribution in [2.75, 3.05) is 0 Å². The molecule has 0 aromatic rings.